The summed E-state index contributed by atoms with van der Waals surface area (Å²) < 4.78 is 10.8. The molecule has 6 heteroatoms. The quantitative estimate of drug-likeness (QED) is 0.568. The van der Waals surface area contributed by atoms with Crippen LogP contribution in [0.25, 0.3) is 22.6 Å². The Bertz CT molecular complexity index is 1160. The molecule has 6 nitrogen and oxygen atoms in total. The van der Waals surface area contributed by atoms with Gasteiger partial charge < -0.3 is 14.3 Å². The third-order valence-corrected chi connectivity index (χ3v) is 5.31. The van der Waals surface area contributed by atoms with Crippen molar-refractivity contribution < 1.29 is 13.7 Å². The van der Waals surface area contributed by atoms with Crippen molar-refractivity contribution >= 4 is 17.0 Å². The molecule has 1 aliphatic carbocycles. The lowest BCUT2D eigenvalue weighted by molar-refractivity contribution is 0.0934. The highest BCUT2D eigenvalue weighted by molar-refractivity contribution is 6.07. The van der Waals surface area contributed by atoms with Gasteiger partial charge in [0, 0.05) is 0 Å². The van der Waals surface area contributed by atoms with E-state index in [1.54, 1.807) is 24.5 Å². The predicted octanol–water partition coefficient (Wildman–Crippen LogP) is 4.60. The minimum atomic E-state index is -0.159. The van der Waals surface area contributed by atoms with Crippen molar-refractivity contribution in [1.29, 1.82) is 0 Å². The molecule has 5 rings (SSSR count). The number of fused-ring (bicyclic) bond motifs is 2. The fourth-order valence-electron chi connectivity index (χ4n) is 3.96. The van der Waals surface area contributed by atoms with Gasteiger partial charge in [0.25, 0.3) is 11.6 Å². The van der Waals surface area contributed by atoms with E-state index < -0.39 is 0 Å². The van der Waals surface area contributed by atoms with Crippen LogP contribution < -0.4 is 5.32 Å². The van der Waals surface area contributed by atoms with Gasteiger partial charge in [0.15, 0.2) is 5.76 Å². The molecule has 3 aromatic heterocycles. The molecule has 4 aromatic rings. The standard InChI is InChI=1S/C22H19N3O3/c1-13-20-16(12-18(19-10-5-11-27-19)24-22(20)28-25-13)21(26)23-17-9-4-7-14-6-2-3-8-15(14)17/h2-3,5-6,8,10-12,17H,4,7,9H2,1H3,(H,23,26)/t17-/m0/s1. The van der Waals surface area contributed by atoms with Crippen molar-refractivity contribution in [2.75, 3.05) is 0 Å². The molecule has 1 amide bonds. The van der Waals surface area contributed by atoms with Crippen molar-refractivity contribution in [3.05, 3.63) is 71.1 Å². The Morgan fingerprint density at radius 2 is 2.11 bits per heavy atom. The van der Waals surface area contributed by atoms with Gasteiger partial charge in [-0.25, -0.2) is 4.98 Å². The Hall–Kier alpha value is -3.41. The highest BCUT2D eigenvalue weighted by Gasteiger charge is 2.25. The van der Waals surface area contributed by atoms with E-state index in [-0.39, 0.29) is 11.9 Å². The van der Waals surface area contributed by atoms with Crippen LogP contribution in [-0.2, 0) is 6.42 Å². The minimum Gasteiger partial charge on any atom is -0.463 e. The number of pyridine rings is 1. The van der Waals surface area contributed by atoms with Gasteiger partial charge in [-0.3, -0.25) is 4.79 Å². The maximum Gasteiger partial charge on any atom is 0.259 e. The highest BCUT2D eigenvalue weighted by atomic mass is 16.5. The lowest BCUT2D eigenvalue weighted by atomic mass is 9.87. The summed E-state index contributed by atoms with van der Waals surface area (Å²) in [6, 6.07) is 13.6. The SMILES string of the molecule is Cc1noc2nc(-c3ccco3)cc(C(=O)N[C@H]3CCCc4ccccc43)c12. The van der Waals surface area contributed by atoms with E-state index in [1.807, 2.05) is 19.1 Å². The van der Waals surface area contributed by atoms with Gasteiger partial charge in [-0.2, -0.15) is 0 Å². The molecule has 0 spiro atoms. The number of amides is 1. The molecule has 3 heterocycles. The fourth-order valence-corrected chi connectivity index (χ4v) is 3.96. The van der Waals surface area contributed by atoms with Crippen LogP contribution in [0.3, 0.4) is 0 Å². The number of aromatic nitrogens is 2. The average Bonchev–Trinajstić information content (AvgIpc) is 3.38. The molecule has 0 aliphatic heterocycles. The second kappa shape index (κ2) is 6.64. The fraction of sp³-hybridized carbons (Fsp3) is 0.227. The minimum absolute atomic E-state index is 0.00658. The Balaban J connectivity index is 1.55. The van der Waals surface area contributed by atoms with Crippen molar-refractivity contribution in [1.82, 2.24) is 15.5 Å². The molecule has 1 aliphatic rings. The lowest BCUT2D eigenvalue weighted by Crippen LogP contribution is -2.31. The molecule has 1 atom stereocenters. The zero-order valence-corrected chi connectivity index (χ0v) is 15.4. The van der Waals surface area contributed by atoms with Gasteiger partial charge >= 0.3 is 0 Å². The molecule has 0 saturated heterocycles. The third kappa shape index (κ3) is 2.78. The second-order valence-electron chi connectivity index (χ2n) is 7.10. The summed E-state index contributed by atoms with van der Waals surface area (Å²) in [7, 11) is 0. The van der Waals surface area contributed by atoms with E-state index in [0.29, 0.717) is 33.8 Å². The zero-order chi connectivity index (χ0) is 19.1. The van der Waals surface area contributed by atoms with Gasteiger partial charge in [0.2, 0.25) is 0 Å². The van der Waals surface area contributed by atoms with Gasteiger partial charge in [-0.1, -0.05) is 29.4 Å². The number of carbonyl (C=O) groups is 1. The van der Waals surface area contributed by atoms with Gasteiger partial charge in [-0.05, 0) is 55.5 Å². The first-order chi connectivity index (χ1) is 13.7. The highest BCUT2D eigenvalue weighted by Crippen LogP contribution is 2.31. The topological polar surface area (TPSA) is 81.2 Å². The predicted molar refractivity (Wildman–Crippen MR) is 104 cm³/mol. The molecule has 0 saturated carbocycles. The largest absolute Gasteiger partial charge is 0.463 e. The van der Waals surface area contributed by atoms with Crippen LogP contribution in [0.2, 0.25) is 0 Å². The number of rotatable bonds is 3. The number of hydrogen-bond donors (Lipinski definition) is 1. The van der Waals surface area contributed by atoms with E-state index in [4.69, 9.17) is 8.94 Å². The van der Waals surface area contributed by atoms with Crippen molar-refractivity contribution in [3.63, 3.8) is 0 Å². The Morgan fingerprint density at radius 1 is 1.21 bits per heavy atom. The van der Waals surface area contributed by atoms with E-state index in [2.05, 4.69) is 27.6 Å². The molecular formula is C22H19N3O3. The normalized spacial score (nSPS) is 16.1. The molecule has 0 unspecified atom stereocenters. The number of nitrogens with one attached hydrogen (secondary N) is 1. The van der Waals surface area contributed by atoms with Crippen LogP contribution in [0.4, 0.5) is 0 Å². The summed E-state index contributed by atoms with van der Waals surface area (Å²) in [4.78, 5) is 17.7. The number of aryl methyl sites for hydroxylation is 2. The smallest absolute Gasteiger partial charge is 0.259 e. The number of hydrogen-bond acceptors (Lipinski definition) is 5. The summed E-state index contributed by atoms with van der Waals surface area (Å²) in [6.07, 6.45) is 4.60. The number of carbonyl (C=O) groups excluding carboxylic acids is 1. The van der Waals surface area contributed by atoms with Gasteiger partial charge in [-0.15, -0.1) is 0 Å². The molecule has 0 radical (unpaired) electrons. The average molecular weight is 373 g/mol. The molecule has 0 bridgehead atoms. The summed E-state index contributed by atoms with van der Waals surface area (Å²) in [5, 5.41) is 7.84. The van der Waals surface area contributed by atoms with Crippen LogP contribution >= 0.6 is 0 Å². The van der Waals surface area contributed by atoms with Crippen LogP contribution in [0, 0.1) is 6.92 Å². The van der Waals surface area contributed by atoms with Crippen LogP contribution in [0.1, 0.15) is 46.1 Å². The number of benzene rings is 1. The maximum absolute atomic E-state index is 13.3. The number of furan rings is 1. The van der Waals surface area contributed by atoms with Crippen LogP contribution in [0.5, 0.6) is 0 Å². The molecule has 1 aromatic carbocycles. The summed E-state index contributed by atoms with van der Waals surface area (Å²) >= 11 is 0. The molecule has 0 fully saturated rings. The Morgan fingerprint density at radius 3 is 2.96 bits per heavy atom. The third-order valence-electron chi connectivity index (χ3n) is 5.31. The Kier molecular flexibility index (Phi) is 3.97. The second-order valence-corrected chi connectivity index (χ2v) is 7.10. The van der Waals surface area contributed by atoms with E-state index >= 15 is 0 Å². The van der Waals surface area contributed by atoms with Crippen LogP contribution in [-0.4, -0.2) is 16.0 Å². The maximum atomic E-state index is 13.3. The first-order valence-electron chi connectivity index (χ1n) is 9.40. The molecule has 1 N–H and O–H groups in total. The summed E-state index contributed by atoms with van der Waals surface area (Å²) in [5.41, 5.74) is 4.52. The van der Waals surface area contributed by atoms with Gasteiger partial charge in [0.05, 0.1) is 28.9 Å². The van der Waals surface area contributed by atoms with Crippen LogP contribution in [0.15, 0.2) is 57.7 Å². The Labute approximate surface area is 161 Å². The van der Waals surface area contributed by atoms with E-state index in [1.165, 1.54) is 11.1 Å². The molecule has 28 heavy (non-hydrogen) atoms. The molecular weight excluding hydrogens is 354 g/mol. The first kappa shape index (κ1) is 16.7. The number of nitrogens with zero attached hydrogens (tertiary/aromatic N) is 2. The lowest BCUT2D eigenvalue weighted by Gasteiger charge is -2.26. The summed E-state index contributed by atoms with van der Waals surface area (Å²) in [5.74, 6) is 0.418. The van der Waals surface area contributed by atoms with Crippen molar-refractivity contribution in [3.8, 4) is 11.5 Å². The molecule has 140 valence electrons. The first-order valence-corrected chi connectivity index (χ1v) is 9.40. The van der Waals surface area contributed by atoms with Crippen molar-refractivity contribution in [2.45, 2.75) is 32.2 Å². The zero-order valence-electron chi connectivity index (χ0n) is 15.4. The summed E-state index contributed by atoms with van der Waals surface area (Å²) in [6.45, 7) is 1.81. The van der Waals surface area contributed by atoms with E-state index in [9.17, 15) is 4.79 Å². The van der Waals surface area contributed by atoms with E-state index in [0.717, 1.165) is 19.3 Å². The van der Waals surface area contributed by atoms with Gasteiger partial charge in [0.1, 0.15) is 5.69 Å². The van der Waals surface area contributed by atoms with Crippen molar-refractivity contribution in [2.24, 2.45) is 0 Å². The monoisotopic (exact) mass is 373 g/mol.